The van der Waals surface area contributed by atoms with Gasteiger partial charge in [0.25, 0.3) is 17.3 Å². The monoisotopic (exact) mass is 361 g/mol. The smallest absolute Gasteiger partial charge is 0.322 e. The number of hydrogen-bond acceptors (Lipinski definition) is 8. The Hall–Kier alpha value is -3.37. The summed E-state index contributed by atoms with van der Waals surface area (Å²) in [6.45, 7) is 0. The molecule has 3 rings (SSSR count). The first-order valence-corrected chi connectivity index (χ1v) is 8.02. The average Bonchev–Trinajstić information content (AvgIpc) is 3.10. The molecule has 0 aliphatic heterocycles. The van der Waals surface area contributed by atoms with Crippen LogP contribution in [0.5, 0.6) is 0 Å². The van der Waals surface area contributed by atoms with E-state index in [2.05, 4.69) is 15.5 Å². The van der Waals surface area contributed by atoms with Crippen LogP contribution < -0.4 is 5.32 Å². The molecule has 0 saturated heterocycles. The summed E-state index contributed by atoms with van der Waals surface area (Å²) >= 11 is 0. The lowest BCUT2D eigenvalue weighted by Gasteiger charge is -2.17. The Kier molecular flexibility index (Phi) is 4.87. The molecular weight excluding hydrogens is 346 g/mol. The number of nitrogens with one attached hydrogen (secondary N) is 1. The van der Waals surface area contributed by atoms with Gasteiger partial charge in [-0.25, -0.2) is 0 Å². The largest absolute Gasteiger partial charge is 0.408 e. The molecule has 1 amide bonds. The summed E-state index contributed by atoms with van der Waals surface area (Å²) in [4.78, 5) is 32.4. The SMILES string of the molecule is O=C(Nc1nnc(C2CCCCC2)o1)c1cc([N+](=O)[O-])cc([N+](=O)[O-])c1. The highest BCUT2D eigenvalue weighted by atomic mass is 16.6. The van der Waals surface area contributed by atoms with Gasteiger partial charge >= 0.3 is 6.01 Å². The van der Waals surface area contributed by atoms with Gasteiger partial charge in [0.2, 0.25) is 5.89 Å². The lowest BCUT2D eigenvalue weighted by atomic mass is 9.89. The molecule has 136 valence electrons. The quantitative estimate of drug-likeness (QED) is 0.629. The second kappa shape index (κ2) is 7.25. The molecule has 0 radical (unpaired) electrons. The number of nitro benzene ring substituents is 2. The molecule has 0 spiro atoms. The fraction of sp³-hybridized carbons (Fsp3) is 0.400. The van der Waals surface area contributed by atoms with Gasteiger partial charge in [0.15, 0.2) is 0 Å². The Morgan fingerprint density at radius 2 is 1.65 bits per heavy atom. The van der Waals surface area contributed by atoms with Crippen LogP contribution >= 0.6 is 0 Å². The molecule has 1 aromatic carbocycles. The Morgan fingerprint density at radius 1 is 1.04 bits per heavy atom. The molecule has 11 heteroatoms. The van der Waals surface area contributed by atoms with E-state index in [0.29, 0.717) is 5.89 Å². The minimum absolute atomic E-state index is 0.148. The van der Waals surface area contributed by atoms with E-state index in [9.17, 15) is 25.0 Å². The highest BCUT2D eigenvalue weighted by Crippen LogP contribution is 2.32. The first kappa shape index (κ1) is 17.5. The summed E-state index contributed by atoms with van der Waals surface area (Å²) < 4.78 is 5.45. The third-order valence-corrected chi connectivity index (χ3v) is 4.20. The van der Waals surface area contributed by atoms with Crippen molar-refractivity contribution in [3.8, 4) is 0 Å². The summed E-state index contributed by atoms with van der Waals surface area (Å²) in [5.41, 5.74) is -1.36. The molecule has 1 heterocycles. The Labute approximate surface area is 146 Å². The lowest BCUT2D eigenvalue weighted by Crippen LogP contribution is -2.13. The van der Waals surface area contributed by atoms with E-state index >= 15 is 0 Å². The summed E-state index contributed by atoms with van der Waals surface area (Å²) in [6.07, 6.45) is 5.19. The number of carbonyl (C=O) groups is 1. The molecule has 1 saturated carbocycles. The van der Waals surface area contributed by atoms with Crippen LogP contribution in [0.15, 0.2) is 22.6 Å². The summed E-state index contributed by atoms with van der Waals surface area (Å²) in [5, 5.41) is 31.8. The van der Waals surface area contributed by atoms with Crippen LogP contribution in [0.3, 0.4) is 0 Å². The zero-order chi connectivity index (χ0) is 18.7. The fourth-order valence-corrected chi connectivity index (χ4v) is 2.91. The van der Waals surface area contributed by atoms with Crippen molar-refractivity contribution in [2.24, 2.45) is 0 Å². The summed E-state index contributed by atoms with van der Waals surface area (Å²) in [6, 6.07) is 2.52. The molecule has 1 aliphatic rings. The number of aromatic nitrogens is 2. The molecule has 1 N–H and O–H groups in total. The number of carbonyl (C=O) groups excluding carboxylic acids is 1. The molecule has 2 aromatic rings. The van der Waals surface area contributed by atoms with Gasteiger partial charge in [-0.15, -0.1) is 5.10 Å². The molecule has 11 nitrogen and oxygen atoms in total. The predicted octanol–water partition coefficient (Wildman–Crippen LogP) is 3.19. The third-order valence-electron chi connectivity index (χ3n) is 4.20. The number of benzene rings is 1. The van der Waals surface area contributed by atoms with Crippen molar-refractivity contribution in [2.75, 3.05) is 5.32 Å². The van der Waals surface area contributed by atoms with E-state index in [0.717, 1.165) is 43.9 Å². The maximum absolute atomic E-state index is 12.3. The molecule has 0 atom stereocenters. The number of non-ortho nitro benzene ring substituents is 2. The topological polar surface area (TPSA) is 154 Å². The van der Waals surface area contributed by atoms with E-state index in [1.165, 1.54) is 6.42 Å². The number of nitro groups is 2. The van der Waals surface area contributed by atoms with Crippen molar-refractivity contribution < 1.29 is 19.1 Å². The van der Waals surface area contributed by atoms with Crippen molar-refractivity contribution in [3.63, 3.8) is 0 Å². The van der Waals surface area contributed by atoms with Crippen LogP contribution in [0.1, 0.15) is 54.3 Å². The Bertz CT molecular complexity index is 826. The van der Waals surface area contributed by atoms with Gasteiger partial charge in [-0.2, -0.15) is 0 Å². The Morgan fingerprint density at radius 3 is 2.23 bits per heavy atom. The molecular formula is C15H15N5O6. The number of hydrogen-bond donors (Lipinski definition) is 1. The summed E-state index contributed by atoms with van der Waals surface area (Å²) in [7, 11) is 0. The number of nitrogens with zero attached hydrogens (tertiary/aromatic N) is 4. The normalized spacial score (nSPS) is 14.8. The second-order valence-corrected chi connectivity index (χ2v) is 5.99. The van der Waals surface area contributed by atoms with Crippen LogP contribution in [0.2, 0.25) is 0 Å². The van der Waals surface area contributed by atoms with Gasteiger partial charge in [-0.3, -0.25) is 30.3 Å². The van der Waals surface area contributed by atoms with Crippen molar-refractivity contribution in [3.05, 3.63) is 49.9 Å². The molecule has 0 unspecified atom stereocenters. The van der Waals surface area contributed by atoms with Crippen LogP contribution in [-0.4, -0.2) is 26.0 Å². The molecule has 1 aliphatic carbocycles. The van der Waals surface area contributed by atoms with Crippen LogP contribution in [0.25, 0.3) is 0 Å². The Balaban J connectivity index is 1.78. The fourth-order valence-electron chi connectivity index (χ4n) is 2.91. The van der Waals surface area contributed by atoms with Crippen molar-refractivity contribution in [2.45, 2.75) is 38.0 Å². The molecule has 0 bridgehead atoms. The van der Waals surface area contributed by atoms with Crippen LogP contribution in [0.4, 0.5) is 17.4 Å². The maximum atomic E-state index is 12.3. The highest BCUT2D eigenvalue weighted by molar-refractivity contribution is 6.04. The number of anilines is 1. The van der Waals surface area contributed by atoms with E-state index < -0.39 is 27.1 Å². The van der Waals surface area contributed by atoms with Crippen molar-refractivity contribution in [1.29, 1.82) is 0 Å². The van der Waals surface area contributed by atoms with Crippen LogP contribution in [0, 0.1) is 20.2 Å². The highest BCUT2D eigenvalue weighted by Gasteiger charge is 2.23. The standard InChI is InChI=1S/C15H15N5O6/c21-13(10-6-11(19(22)23)8-12(7-10)20(24)25)16-15-18-17-14(26-15)9-4-2-1-3-5-9/h6-9H,1-5H2,(H,16,18,21). The van der Waals surface area contributed by atoms with Gasteiger partial charge in [0.1, 0.15) is 0 Å². The first-order chi connectivity index (χ1) is 12.4. The van der Waals surface area contributed by atoms with E-state index in [4.69, 9.17) is 4.42 Å². The van der Waals surface area contributed by atoms with Crippen molar-refractivity contribution >= 4 is 23.3 Å². The average molecular weight is 361 g/mol. The van der Waals surface area contributed by atoms with Gasteiger partial charge in [0.05, 0.1) is 21.5 Å². The van der Waals surface area contributed by atoms with E-state index in [-0.39, 0.29) is 17.5 Å². The zero-order valence-corrected chi connectivity index (χ0v) is 13.6. The van der Waals surface area contributed by atoms with Gasteiger partial charge in [-0.1, -0.05) is 24.4 Å². The van der Waals surface area contributed by atoms with E-state index in [1.54, 1.807) is 0 Å². The summed E-state index contributed by atoms with van der Waals surface area (Å²) in [5.74, 6) is -0.221. The van der Waals surface area contributed by atoms with E-state index in [1.807, 2.05) is 0 Å². The molecule has 1 aromatic heterocycles. The van der Waals surface area contributed by atoms with Gasteiger partial charge in [-0.05, 0) is 12.8 Å². The number of amides is 1. The second-order valence-electron chi connectivity index (χ2n) is 5.99. The van der Waals surface area contributed by atoms with Gasteiger partial charge < -0.3 is 4.42 Å². The third kappa shape index (κ3) is 3.82. The minimum Gasteiger partial charge on any atom is -0.408 e. The van der Waals surface area contributed by atoms with Gasteiger partial charge in [0, 0.05) is 18.1 Å². The molecule has 1 fully saturated rings. The lowest BCUT2D eigenvalue weighted by molar-refractivity contribution is -0.394. The minimum atomic E-state index is -0.810. The number of rotatable bonds is 5. The molecule has 26 heavy (non-hydrogen) atoms. The maximum Gasteiger partial charge on any atom is 0.322 e. The first-order valence-electron chi connectivity index (χ1n) is 8.02. The zero-order valence-electron chi connectivity index (χ0n) is 13.6. The van der Waals surface area contributed by atoms with Crippen LogP contribution in [-0.2, 0) is 0 Å². The predicted molar refractivity (Wildman–Crippen MR) is 87.8 cm³/mol. The van der Waals surface area contributed by atoms with Crippen molar-refractivity contribution in [1.82, 2.24) is 10.2 Å².